The van der Waals surface area contributed by atoms with Crippen LogP contribution in [0.4, 0.5) is 5.69 Å². The predicted molar refractivity (Wildman–Crippen MR) is 72.7 cm³/mol. The van der Waals surface area contributed by atoms with Crippen molar-refractivity contribution in [2.75, 3.05) is 5.32 Å². The summed E-state index contributed by atoms with van der Waals surface area (Å²) in [4.78, 5) is 33.1. The maximum Gasteiger partial charge on any atom is 0.335 e. The number of carboxylic acids is 2. The lowest BCUT2D eigenvalue weighted by molar-refractivity contribution is -0.142. The van der Waals surface area contributed by atoms with Gasteiger partial charge in [0.1, 0.15) is 0 Å². The molecule has 0 saturated carbocycles. The van der Waals surface area contributed by atoms with Crippen LogP contribution in [0.3, 0.4) is 0 Å². The summed E-state index contributed by atoms with van der Waals surface area (Å²) in [5.74, 6) is -2.73. The molecular weight excluding hydrogens is 262 g/mol. The zero-order chi connectivity index (χ0) is 15.1. The molecule has 0 aromatic heterocycles. The highest BCUT2D eigenvalue weighted by Gasteiger charge is 2.16. The minimum Gasteiger partial charge on any atom is -0.481 e. The van der Waals surface area contributed by atoms with Crippen molar-refractivity contribution < 1.29 is 24.6 Å². The first-order chi connectivity index (χ1) is 9.43. The number of rotatable bonds is 7. The first-order valence-corrected chi connectivity index (χ1v) is 6.30. The Morgan fingerprint density at radius 2 is 1.75 bits per heavy atom. The van der Waals surface area contributed by atoms with Gasteiger partial charge in [0.25, 0.3) is 0 Å². The molecule has 0 aliphatic carbocycles. The molecule has 20 heavy (non-hydrogen) atoms. The Balaban J connectivity index is 2.50. The number of carbonyl (C=O) groups is 3. The summed E-state index contributed by atoms with van der Waals surface area (Å²) in [5, 5.41) is 20.2. The average molecular weight is 279 g/mol. The first-order valence-electron chi connectivity index (χ1n) is 6.30. The normalized spacial score (nSPS) is 11.7. The number of aliphatic carboxylic acids is 1. The van der Waals surface area contributed by atoms with Crippen molar-refractivity contribution in [3.8, 4) is 0 Å². The summed E-state index contributed by atoms with van der Waals surface area (Å²) in [6, 6.07) is 5.78. The van der Waals surface area contributed by atoms with Gasteiger partial charge in [-0.1, -0.05) is 6.92 Å². The maximum atomic E-state index is 11.7. The SMILES string of the molecule is CCC(CCC(=O)Nc1ccc(C(=O)O)cc1)C(=O)O. The van der Waals surface area contributed by atoms with Gasteiger partial charge in [0.2, 0.25) is 5.91 Å². The number of nitrogens with one attached hydrogen (secondary N) is 1. The summed E-state index contributed by atoms with van der Waals surface area (Å²) in [6.45, 7) is 1.77. The van der Waals surface area contributed by atoms with Crippen LogP contribution >= 0.6 is 0 Å². The predicted octanol–water partition coefficient (Wildman–Crippen LogP) is 2.21. The average Bonchev–Trinajstić information content (AvgIpc) is 2.39. The van der Waals surface area contributed by atoms with Gasteiger partial charge in [0, 0.05) is 12.1 Å². The summed E-state index contributed by atoms with van der Waals surface area (Å²) < 4.78 is 0. The quantitative estimate of drug-likeness (QED) is 0.710. The number of benzene rings is 1. The van der Waals surface area contributed by atoms with Crippen molar-refractivity contribution in [3.63, 3.8) is 0 Å². The summed E-state index contributed by atoms with van der Waals surface area (Å²) in [6.07, 6.45) is 0.881. The molecule has 0 aliphatic rings. The zero-order valence-corrected chi connectivity index (χ0v) is 11.1. The lowest BCUT2D eigenvalue weighted by atomic mass is 10.0. The second kappa shape index (κ2) is 7.28. The topological polar surface area (TPSA) is 104 Å². The molecular formula is C14H17NO5. The minimum atomic E-state index is -1.03. The second-order valence-corrected chi connectivity index (χ2v) is 4.41. The highest BCUT2D eigenvalue weighted by Crippen LogP contribution is 2.14. The molecule has 0 radical (unpaired) electrons. The molecule has 1 amide bonds. The molecule has 1 unspecified atom stereocenters. The smallest absolute Gasteiger partial charge is 0.335 e. The fourth-order valence-corrected chi connectivity index (χ4v) is 1.73. The largest absolute Gasteiger partial charge is 0.481 e. The molecule has 6 heteroatoms. The standard InChI is InChI=1S/C14H17NO5/c1-2-9(13(17)18)5-8-12(16)15-11-6-3-10(4-7-11)14(19)20/h3-4,6-7,9H,2,5,8H2,1H3,(H,15,16)(H,17,18)(H,19,20). The Kier molecular flexibility index (Phi) is 5.71. The molecule has 108 valence electrons. The number of carbonyl (C=O) groups excluding carboxylic acids is 1. The van der Waals surface area contributed by atoms with Crippen LogP contribution in [0.5, 0.6) is 0 Å². The van der Waals surface area contributed by atoms with Crippen molar-refractivity contribution in [2.45, 2.75) is 26.2 Å². The Hall–Kier alpha value is -2.37. The van der Waals surface area contributed by atoms with Crippen LogP contribution in [-0.4, -0.2) is 28.1 Å². The maximum absolute atomic E-state index is 11.7. The van der Waals surface area contributed by atoms with Gasteiger partial charge in [-0.25, -0.2) is 4.79 Å². The van der Waals surface area contributed by atoms with Crippen LogP contribution in [0, 0.1) is 5.92 Å². The molecule has 1 atom stereocenters. The van der Waals surface area contributed by atoms with Crippen molar-refractivity contribution in [1.82, 2.24) is 0 Å². The first kappa shape index (κ1) is 15.7. The van der Waals surface area contributed by atoms with Crippen molar-refractivity contribution >= 4 is 23.5 Å². The summed E-state index contributed by atoms with van der Waals surface area (Å²) in [7, 11) is 0. The lowest BCUT2D eigenvalue weighted by Gasteiger charge is -2.09. The number of hydrogen-bond donors (Lipinski definition) is 3. The molecule has 1 rings (SSSR count). The molecule has 3 N–H and O–H groups in total. The third kappa shape index (κ3) is 4.72. The van der Waals surface area contributed by atoms with E-state index in [1.54, 1.807) is 6.92 Å². The molecule has 1 aromatic rings. The van der Waals surface area contributed by atoms with E-state index in [1.165, 1.54) is 24.3 Å². The van der Waals surface area contributed by atoms with Gasteiger partial charge < -0.3 is 15.5 Å². The van der Waals surface area contributed by atoms with Gasteiger partial charge in [-0.2, -0.15) is 0 Å². The van der Waals surface area contributed by atoms with Crippen LogP contribution in [0.1, 0.15) is 36.5 Å². The van der Waals surface area contributed by atoms with Gasteiger partial charge in [-0.15, -0.1) is 0 Å². The summed E-state index contributed by atoms with van der Waals surface area (Å²) in [5.41, 5.74) is 0.628. The van der Waals surface area contributed by atoms with Crippen molar-refractivity contribution in [1.29, 1.82) is 0 Å². The van der Waals surface area contributed by atoms with E-state index in [9.17, 15) is 14.4 Å². The Morgan fingerprint density at radius 3 is 2.20 bits per heavy atom. The number of amides is 1. The lowest BCUT2D eigenvalue weighted by Crippen LogP contribution is -2.17. The molecule has 6 nitrogen and oxygen atoms in total. The van der Waals surface area contributed by atoms with Gasteiger partial charge in [-0.3, -0.25) is 9.59 Å². The number of hydrogen-bond acceptors (Lipinski definition) is 3. The zero-order valence-electron chi connectivity index (χ0n) is 11.1. The number of aromatic carboxylic acids is 1. The molecule has 0 aliphatic heterocycles. The van der Waals surface area contributed by atoms with E-state index in [0.29, 0.717) is 12.1 Å². The van der Waals surface area contributed by atoms with E-state index in [-0.39, 0.29) is 24.3 Å². The third-order valence-electron chi connectivity index (χ3n) is 2.98. The molecule has 0 bridgehead atoms. The van der Waals surface area contributed by atoms with E-state index in [4.69, 9.17) is 10.2 Å². The highest BCUT2D eigenvalue weighted by atomic mass is 16.4. The third-order valence-corrected chi connectivity index (χ3v) is 2.98. The second-order valence-electron chi connectivity index (χ2n) is 4.41. The van der Waals surface area contributed by atoms with E-state index >= 15 is 0 Å². The Bertz CT molecular complexity index is 495. The molecule has 0 fully saturated rings. The van der Waals surface area contributed by atoms with Crippen LogP contribution in [-0.2, 0) is 9.59 Å². The fraction of sp³-hybridized carbons (Fsp3) is 0.357. The van der Waals surface area contributed by atoms with Gasteiger partial charge in [-0.05, 0) is 37.1 Å². The van der Waals surface area contributed by atoms with Crippen molar-refractivity contribution in [2.24, 2.45) is 5.92 Å². The molecule has 0 spiro atoms. The van der Waals surface area contributed by atoms with Crippen LogP contribution in [0.25, 0.3) is 0 Å². The van der Waals surface area contributed by atoms with Crippen LogP contribution in [0.15, 0.2) is 24.3 Å². The summed E-state index contributed by atoms with van der Waals surface area (Å²) >= 11 is 0. The van der Waals surface area contributed by atoms with E-state index < -0.39 is 17.9 Å². The van der Waals surface area contributed by atoms with Gasteiger partial charge >= 0.3 is 11.9 Å². The van der Waals surface area contributed by atoms with Crippen LogP contribution in [0.2, 0.25) is 0 Å². The highest BCUT2D eigenvalue weighted by molar-refractivity contribution is 5.92. The molecule has 1 aromatic carbocycles. The fourth-order valence-electron chi connectivity index (χ4n) is 1.73. The number of anilines is 1. The number of carboxylic acid groups (broad SMARTS) is 2. The van der Waals surface area contributed by atoms with Gasteiger partial charge in [0.05, 0.1) is 11.5 Å². The Morgan fingerprint density at radius 1 is 1.15 bits per heavy atom. The van der Waals surface area contributed by atoms with E-state index in [1.807, 2.05) is 0 Å². The van der Waals surface area contributed by atoms with Gasteiger partial charge in [0.15, 0.2) is 0 Å². The van der Waals surface area contributed by atoms with E-state index in [0.717, 1.165) is 0 Å². The van der Waals surface area contributed by atoms with Crippen LogP contribution < -0.4 is 5.32 Å². The van der Waals surface area contributed by atoms with E-state index in [2.05, 4.69) is 5.32 Å². The minimum absolute atomic E-state index is 0.117. The Labute approximate surface area is 116 Å². The monoisotopic (exact) mass is 279 g/mol. The molecule has 0 heterocycles. The van der Waals surface area contributed by atoms with Crippen molar-refractivity contribution in [3.05, 3.63) is 29.8 Å². The molecule has 0 saturated heterocycles.